The maximum Gasteiger partial charge on any atom is 0.344 e. The molecule has 0 saturated heterocycles. The van der Waals surface area contributed by atoms with Crippen LogP contribution in [0.5, 0.6) is 17.2 Å². The molecule has 38 heavy (non-hydrogen) atoms. The van der Waals surface area contributed by atoms with Crippen LogP contribution in [0.15, 0.2) is 91.0 Å². The molecule has 0 radical (unpaired) electrons. The highest BCUT2D eigenvalue weighted by molar-refractivity contribution is 6.08. The number of fused-ring (bicyclic) bond motifs is 1. The number of nitrogens with zero attached hydrogens (tertiary/aromatic N) is 1. The van der Waals surface area contributed by atoms with Crippen LogP contribution in [0.4, 0.5) is 0 Å². The van der Waals surface area contributed by atoms with Gasteiger partial charge in [0.05, 0.1) is 23.9 Å². The number of rotatable bonds is 7. The molecular formula is C33H29NO4. The quantitative estimate of drug-likeness (QED) is 0.169. The second-order valence-corrected chi connectivity index (χ2v) is 9.28. The summed E-state index contributed by atoms with van der Waals surface area (Å²) in [6, 6.07) is 29.0. The van der Waals surface area contributed by atoms with Crippen LogP contribution in [0, 0.1) is 20.8 Å². The number of benzene rings is 4. The zero-order chi connectivity index (χ0) is 26.6. The van der Waals surface area contributed by atoms with Crippen LogP contribution in [0.3, 0.4) is 0 Å². The van der Waals surface area contributed by atoms with E-state index in [-0.39, 0.29) is 0 Å². The molecule has 0 unspecified atom stereocenters. The van der Waals surface area contributed by atoms with E-state index in [1.807, 2.05) is 93.6 Å². The van der Waals surface area contributed by atoms with Gasteiger partial charge in [0.1, 0.15) is 12.4 Å². The van der Waals surface area contributed by atoms with Crippen molar-refractivity contribution in [2.75, 3.05) is 7.11 Å². The first-order valence-electron chi connectivity index (χ1n) is 12.5. The van der Waals surface area contributed by atoms with Gasteiger partial charge in [-0.3, -0.25) is 0 Å². The molecule has 1 aromatic heterocycles. The first-order valence-corrected chi connectivity index (χ1v) is 12.5. The Bertz CT molecular complexity index is 1610. The SMILES string of the molecule is COc1ccccc1OC(=O)c1c(C)c(-c2ccc(OCc3ccccc3)cc2)nc2c(C)cc(C)cc12. The second kappa shape index (κ2) is 10.8. The maximum atomic E-state index is 13.7. The third kappa shape index (κ3) is 5.09. The lowest BCUT2D eigenvalue weighted by atomic mass is 9.95. The molecule has 0 aliphatic rings. The highest BCUT2D eigenvalue weighted by Gasteiger charge is 2.23. The van der Waals surface area contributed by atoms with Crippen molar-refractivity contribution in [2.24, 2.45) is 0 Å². The number of hydrogen-bond acceptors (Lipinski definition) is 5. The molecule has 0 aliphatic heterocycles. The molecule has 0 amide bonds. The molecule has 5 nitrogen and oxygen atoms in total. The van der Waals surface area contributed by atoms with Gasteiger partial charge >= 0.3 is 5.97 Å². The number of aromatic nitrogens is 1. The lowest BCUT2D eigenvalue weighted by Gasteiger charge is -2.17. The molecule has 0 fully saturated rings. The number of pyridine rings is 1. The summed E-state index contributed by atoms with van der Waals surface area (Å²) in [7, 11) is 1.55. The van der Waals surface area contributed by atoms with Crippen LogP contribution < -0.4 is 14.2 Å². The first-order chi connectivity index (χ1) is 18.4. The Morgan fingerprint density at radius 3 is 2.21 bits per heavy atom. The summed E-state index contributed by atoms with van der Waals surface area (Å²) in [6.45, 7) is 6.43. The molecule has 0 N–H and O–H groups in total. The number of ether oxygens (including phenoxy) is 3. The Kier molecular flexibility index (Phi) is 7.09. The number of carbonyl (C=O) groups excluding carboxylic acids is 1. The van der Waals surface area contributed by atoms with Crippen LogP contribution in [0.1, 0.15) is 32.6 Å². The molecule has 0 atom stereocenters. The van der Waals surface area contributed by atoms with E-state index in [0.29, 0.717) is 23.7 Å². The Labute approximate surface area is 222 Å². The molecule has 4 aromatic carbocycles. The van der Waals surface area contributed by atoms with E-state index in [0.717, 1.165) is 50.2 Å². The molecular weight excluding hydrogens is 474 g/mol. The number of para-hydroxylation sites is 2. The third-order valence-electron chi connectivity index (χ3n) is 6.52. The van der Waals surface area contributed by atoms with Gasteiger partial charge in [0.2, 0.25) is 0 Å². The lowest BCUT2D eigenvalue weighted by Crippen LogP contribution is -2.13. The average Bonchev–Trinajstić information content (AvgIpc) is 2.93. The number of esters is 1. The molecule has 0 aliphatic carbocycles. The number of methoxy groups -OCH3 is 1. The van der Waals surface area contributed by atoms with E-state index in [1.165, 1.54) is 0 Å². The molecule has 5 aromatic rings. The lowest BCUT2D eigenvalue weighted by molar-refractivity contribution is 0.0731. The van der Waals surface area contributed by atoms with Gasteiger partial charge in [-0.25, -0.2) is 9.78 Å². The minimum atomic E-state index is -0.450. The van der Waals surface area contributed by atoms with Crippen LogP contribution in [0.2, 0.25) is 0 Å². The number of carbonyl (C=O) groups is 1. The average molecular weight is 504 g/mol. The third-order valence-corrected chi connectivity index (χ3v) is 6.52. The van der Waals surface area contributed by atoms with Gasteiger partial charge in [-0.2, -0.15) is 0 Å². The molecule has 190 valence electrons. The summed E-state index contributed by atoms with van der Waals surface area (Å²) < 4.78 is 17.2. The van der Waals surface area contributed by atoms with Gasteiger partial charge in [-0.1, -0.05) is 54.1 Å². The van der Waals surface area contributed by atoms with Gasteiger partial charge in [0.25, 0.3) is 0 Å². The van der Waals surface area contributed by atoms with E-state index in [9.17, 15) is 4.79 Å². The highest BCUT2D eigenvalue weighted by atomic mass is 16.6. The van der Waals surface area contributed by atoms with Crippen molar-refractivity contribution in [1.29, 1.82) is 0 Å². The Hall–Kier alpha value is -4.64. The van der Waals surface area contributed by atoms with E-state index in [1.54, 1.807) is 19.2 Å². The van der Waals surface area contributed by atoms with E-state index < -0.39 is 5.97 Å². The van der Waals surface area contributed by atoms with Crippen molar-refractivity contribution in [3.05, 3.63) is 119 Å². The maximum absolute atomic E-state index is 13.7. The second-order valence-electron chi connectivity index (χ2n) is 9.28. The van der Waals surface area contributed by atoms with Gasteiger partial charge < -0.3 is 14.2 Å². The van der Waals surface area contributed by atoms with Crippen molar-refractivity contribution in [3.8, 4) is 28.5 Å². The molecule has 0 spiro atoms. The highest BCUT2D eigenvalue weighted by Crippen LogP contribution is 2.34. The van der Waals surface area contributed by atoms with Crippen LogP contribution in [-0.4, -0.2) is 18.1 Å². The van der Waals surface area contributed by atoms with Crippen molar-refractivity contribution in [2.45, 2.75) is 27.4 Å². The Balaban J connectivity index is 1.54. The van der Waals surface area contributed by atoms with E-state index in [4.69, 9.17) is 19.2 Å². The largest absolute Gasteiger partial charge is 0.493 e. The molecule has 0 bridgehead atoms. The van der Waals surface area contributed by atoms with Gasteiger partial charge in [0.15, 0.2) is 11.5 Å². The summed E-state index contributed by atoms with van der Waals surface area (Å²) in [6.07, 6.45) is 0. The fourth-order valence-electron chi connectivity index (χ4n) is 4.66. The number of aryl methyl sites for hydroxylation is 2. The molecule has 1 heterocycles. The fraction of sp³-hybridized carbons (Fsp3) is 0.152. The summed E-state index contributed by atoms with van der Waals surface area (Å²) >= 11 is 0. The minimum absolute atomic E-state index is 0.371. The van der Waals surface area contributed by atoms with Crippen LogP contribution in [-0.2, 0) is 6.61 Å². The van der Waals surface area contributed by atoms with Crippen LogP contribution in [0.25, 0.3) is 22.2 Å². The van der Waals surface area contributed by atoms with Crippen molar-refractivity contribution >= 4 is 16.9 Å². The van der Waals surface area contributed by atoms with Crippen molar-refractivity contribution in [1.82, 2.24) is 4.98 Å². The molecule has 0 saturated carbocycles. The minimum Gasteiger partial charge on any atom is -0.493 e. The van der Waals surface area contributed by atoms with Gasteiger partial charge in [0, 0.05) is 10.9 Å². The predicted octanol–water partition coefficient (Wildman–Crippen LogP) is 7.63. The summed E-state index contributed by atoms with van der Waals surface area (Å²) in [4.78, 5) is 18.7. The summed E-state index contributed by atoms with van der Waals surface area (Å²) in [5.41, 5.74) is 6.78. The predicted molar refractivity (Wildman–Crippen MR) is 150 cm³/mol. The smallest absolute Gasteiger partial charge is 0.344 e. The standard InChI is InChI=1S/C33H29NO4/c1-21-18-22(2)31-27(19-21)30(33(35)38-29-13-9-8-12-28(29)36-4)23(3)32(34-31)25-14-16-26(17-15-25)37-20-24-10-6-5-7-11-24/h5-19H,20H2,1-4H3. The topological polar surface area (TPSA) is 57.7 Å². The fourth-order valence-corrected chi connectivity index (χ4v) is 4.66. The normalized spacial score (nSPS) is 10.8. The van der Waals surface area contributed by atoms with Gasteiger partial charge in [-0.15, -0.1) is 0 Å². The summed E-state index contributed by atoms with van der Waals surface area (Å²) in [5, 5.41) is 0.770. The number of hydrogen-bond donors (Lipinski definition) is 0. The first kappa shape index (κ1) is 25.0. The van der Waals surface area contributed by atoms with Gasteiger partial charge in [-0.05, 0) is 79.9 Å². The molecule has 5 heteroatoms. The molecule has 5 rings (SSSR count). The van der Waals surface area contributed by atoms with E-state index in [2.05, 4.69) is 6.07 Å². The zero-order valence-corrected chi connectivity index (χ0v) is 21.9. The van der Waals surface area contributed by atoms with Crippen molar-refractivity contribution in [3.63, 3.8) is 0 Å². The monoisotopic (exact) mass is 503 g/mol. The Morgan fingerprint density at radius 1 is 0.816 bits per heavy atom. The van der Waals surface area contributed by atoms with E-state index >= 15 is 0 Å². The summed E-state index contributed by atoms with van der Waals surface area (Å²) in [5.74, 6) is 1.18. The van der Waals surface area contributed by atoms with Crippen LogP contribution >= 0.6 is 0 Å². The van der Waals surface area contributed by atoms with Crippen molar-refractivity contribution < 1.29 is 19.0 Å². The Morgan fingerprint density at radius 2 is 1.50 bits per heavy atom. The zero-order valence-electron chi connectivity index (χ0n) is 21.9.